The van der Waals surface area contributed by atoms with Crippen LogP contribution in [-0.2, 0) is 20.6 Å². The number of thioether (sulfide) groups is 1. The molecule has 0 saturated carbocycles. The predicted molar refractivity (Wildman–Crippen MR) is 140 cm³/mol. The molecule has 0 aromatic heterocycles. The van der Waals surface area contributed by atoms with Crippen molar-refractivity contribution >= 4 is 48.4 Å². The van der Waals surface area contributed by atoms with E-state index < -0.39 is 14.2 Å². The molecule has 2 amide bonds. The average Bonchev–Trinajstić information content (AvgIpc) is 2.68. The van der Waals surface area contributed by atoms with Crippen LogP contribution in [0.3, 0.4) is 0 Å². The van der Waals surface area contributed by atoms with Gasteiger partial charge in [-0.3, -0.25) is 14.5 Å². The number of hydrogen-bond acceptors (Lipinski definition) is 5. The normalized spacial score (nSPS) is 20.7. The van der Waals surface area contributed by atoms with E-state index in [2.05, 4.69) is 39.2 Å². The molecule has 1 fully saturated rings. The van der Waals surface area contributed by atoms with Crippen LogP contribution in [0.25, 0.3) is 0 Å². The Balaban J connectivity index is 2.18. The maximum atomic E-state index is 13.6. The molecule has 1 aliphatic rings. The van der Waals surface area contributed by atoms with E-state index in [9.17, 15) is 9.59 Å². The number of hydrogen-bond donors (Lipinski definition) is 1. The third-order valence-corrected chi connectivity index (χ3v) is 12.6. The van der Waals surface area contributed by atoms with E-state index in [0.717, 1.165) is 11.3 Å². The van der Waals surface area contributed by atoms with Crippen molar-refractivity contribution in [3.8, 4) is 0 Å². The summed E-state index contributed by atoms with van der Waals surface area (Å²) in [5.74, 6) is -0.0435. The van der Waals surface area contributed by atoms with E-state index in [0.29, 0.717) is 10.9 Å². The van der Waals surface area contributed by atoms with Crippen molar-refractivity contribution in [2.75, 3.05) is 5.75 Å². The van der Waals surface area contributed by atoms with Crippen molar-refractivity contribution in [1.29, 1.82) is 0 Å². The summed E-state index contributed by atoms with van der Waals surface area (Å²) >= 11 is 7.08. The van der Waals surface area contributed by atoms with Crippen molar-refractivity contribution in [1.82, 2.24) is 10.2 Å². The van der Waals surface area contributed by atoms with Gasteiger partial charge in [0.15, 0.2) is 8.32 Å². The monoisotopic (exact) mass is 494 g/mol. The maximum absolute atomic E-state index is 13.6. The zero-order chi connectivity index (χ0) is 24.3. The Morgan fingerprint density at radius 1 is 1.25 bits per heavy atom. The van der Waals surface area contributed by atoms with Crippen LogP contribution in [0.1, 0.15) is 47.1 Å². The minimum Gasteiger partial charge on any atom is -0.413 e. The summed E-state index contributed by atoms with van der Waals surface area (Å²) in [4.78, 5) is 27.8. The smallest absolute Gasteiger partial charge is 0.233 e. The van der Waals surface area contributed by atoms with Crippen molar-refractivity contribution in [3.05, 3.63) is 35.9 Å². The van der Waals surface area contributed by atoms with Gasteiger partial charge in [0.1, 0.15) is 4.32 Å². The van der Waals surface area contributed by atoms with Gasteiger partial charge in [-0.1, -0.05) is 88.9 Å². The van der Waals surface area contributed by atoms with E-state index in [1.54, 1.807) is 4.90 Å². The van der Waals surface area contributed by atoms with Crippen molar-refractivity contribution in [3.63, 3.8) is 0 Å². The first kappa shape index (κ1) is 27.0. The summed E-state index contributed by atoms with van der Waals surface area (Å²) in [6.07, 6.45) is -0.246. The molecule has 0 spiro atoms. The van der Waals surface area contributed by atoms with Gasteiger partial charge in [0.25, 0.3) is 0 Å². The van der Waals surface area contributed by atoms with Crippen LogP contribution in [0.5, 0.6) is 0 Å². The third kappa shape index (κ3) is 6.21. The standard InChI is InChI=1S/C24H38N2O3S2Si/c1-9-31-23(30)26(15-18-13-11-10-12-14-18)22(28)16(2)20-19(21(27)25-20)17(3)29-32(7,8)24(4,5)6/h10-14,16-17,19-20H,9,15H2,1-8H3,(H,25,27)/t16-,17-,19-,20-/m1/s1. The van der Waals surface area contributed by atoms with E-state index >= 15 is 0 Å². The lowest BCUT2D eigenvalue weighted by atomic mass is 9.78. The summed E-state index contributed by atoms with van der Waals surface area (Å²) in [6, 6.07) is 9.59. The number of benzene rings is 1. The Morgan fingerprint density at radius 3 is 2.34 bits per heavy atom. The molecule has 0 radical (unpaired) electrons. The van der Waals surface area contributed by atoms with Crippen molar-refractivity contribution in [2.45, 2.75) is 78.4 Å². The second kappa shape index (κ2) is 10.8. The predicted octanol–water partition coefficient (Wildman–Crippen LogP) is 5.21. The molecule has 5 nitrogen and oxygen atoms in total. The molecule has 1 heterocycles. The molecule has 0 unspecified atom stereocenters. The van der Waals surface area contributed by atoms with Gasteiger partial charge in [-0.25, -0.2) is 0 Å². The highest BCUT2D eigenvalue weighted by atomic mass is 32.2. The number of rotatable bonds is 8. The van der Waals surface area contributed by atoms with Gasteiger partial charge in [-0.05, 0) is 36.4 Å². The van der Waals surface area contributed by atoms with Gasteiger partial charge < -0.3 is 9.74 Å². The highest BCUT2D eigenvalue weighted by Crippen LogP contribution is 2.39. The van der Waals surface area contributed by atoms with Crippen LogP contribution in [0.4, 0.5) is 0 Å². The quantitative estimate of drug-likeness (QED) is 0.305. The number of nitrogens with one attached hydrogen (secondary N) is 1. The fourth-order valence-electron chi connectivity index (χ4n) is 3.67. The minimum atomic E-state index is -2.04. The second-order valence-corrected chi connectivity index (χ2v) is 16.7. The van der Waals surface area contributed by atoms with Gasteiger partial charge in [0.05, 0.1) is 30.5 Å². The average molecular weight is 495 g/mol. The molecule has 1 saturated heterocycles. The first-order valence-corrected chi connectivity index (χ1v) is 15.6. The molecule has 8 heteroatoms. The molecule has 178 valence electrons. The fraction of sp³-hybridized carbons (Fsp3) is 0.625. The molecule has 2 rings (SSSR count). The highest BCUT2D eigenvalue weighted by Gasteiger charge is 2.51. The number of thiocarbonyl (C=S) groups is 1. The van der Waals surface area contributed by atoms with Crippen molar-refractivity contribution < 1.29 is 14.0 Å². The zero-order valence-corrected chi connectivity index (χ0v) is 23.2. The minimum absolute atomic E-state index is 0.0408. The maximum Gasteiger partial charge on any atom is 0.233 e. The Bertz CT molecular complexity index is 826. The SMILES string of the molecule is CCSC(=S)N(Cc1ccccc1)C(=O)[C@H](C)[C@H]1NC(=O)[C@@H]1[C@@H](C)O[Si](C)(C)C(C)(C)C. The lowest BCUT2D eigenvalue weighted by Gasteiger charge is -2.47. The van der Waals surface area contributed by atoms with Crippen LogP contribution in [0.15, 0.2) is 30.3 Å². The van der Waals surface area contributed by atoms with E-state index in [1.807, 2.05) is 51.1 Å². The molecule has 4 atom stereocenters. The number of amides is 2. The summed E-state index contributed by atoms with van der Waals surface area (Å²) in [7, 11) is -2.04. The number of β-lactam (4-membered cyclic amide) rings is 1. The lowest BCUT2D eigenvalue weighted by molar-refractivity contribution is -0.146. The largest absolute Gasteiger partial charge is 0.413 e. The Kier molecular flexibility index (Phi) is 9.12. The zero-order valence-electron chi connectivity index (χ0n) is 20.6. The molecule has 1 N–H and O–H groups in total. The van der Waals surface area contributed by atoms with Crippen LogP contribution < -0.4 is 5.32 Å². The third-order valence-electron chi connectivity index (χ3n) is 6.66. The second-order valence-electron chi connectivity index (χ2n) is 10.0. The summed E-state index contributed by atoms with van der Waals surface area (Å²) < 4.78 is 7.07. The van der Waals surface area contributed by atoms with Crippen LogP contribution in [0, 0.1) is 11.8 Å². The van der Waals surface area contributed by atoms with Crippen LogP contribution in [0.2, 0.25) is 18.1 Å². The van der Waals surface area contributed by atoms with Crippen LogP contribution in [-0.4, -0.2) is 47.3 Å². The molecule has 1 aromatic rings. The topological polar surface area (TPSA) is 58.6 Å². The number of carbonyl (C=O) groups excluding carboxylic acids is 2. The number of carbonyl (C=O) groups is 2. The molecule has 32 heavy (non-hydrogen) atoms. The van der Waals surface area contributed by atoms with Gasteiger partial charge in [-0.2, -0.15) is 0 Å². The molecular formula is C24H38N2O3S2Si. The molecule has 1 aromatic carbocycles. The van der Waals surface area contributed by atoms with Gasteiger partial charge in [-0.15, -0.1) is 0 Å². The van der Waals surface area contributed by atoms with Crippen LogP contribution >= 0.6 is 24.0 Å². The molecule has 0 bridgehead atoms. The van der Waals surface area contributed by atoms with E-state index in [-0.39, 0.29) is 34.9 Å². The van der Waals surface area contributed by atoms with Gasteiger partial charge in [0.2, 0.25) is 11.8 Å². The van der Waals surface area contributed by atoms with Gasteiger partial charge >= 0.3 is 0 Å². The molecular weight excluding hydrogens is 456 g/mol. The lowest BCUT2D eigenvalue weighted by Crippen LogP contribution is -2.67. The van der Waals surface area contributed by atoms with Crippen molar-refractivity contribution in [2.24, 2.45) is 11.8 Å². The Labute approximate surface area is 204 Å². The molecule has 1 aliphatic heterocycles. The van der Waals surface area contributed by atoms with Gasteiger partial charge in [0, 0.05) is 0 Å². The van der Waals surface area contributed by atoms with E-state index in [1.165, 1.54) is 11.8 Å². The fourth-order valence-corrected chi connectivity index (χ4v) is 6.17. The van der Waals surface area contributed by atoms with E-state index in [4.69, 9.17) is 16.6 Å². The Morgan fingerprint density at radius 2 is 1.84 bits per heavy atom. The summed E-state index contributed by atoms with van der Waals surface area (Å²) in [5.41, 5.74) is 1.02. The first-order valence-electron chi connectivity index (χ1n) is 11.3. The Hall–Kier alpha value is -1.22. The first-order chi connectivity index (χ1) is 14.8. The number of nitrogens with zero attached hydrogens (tertiary/aromatic N) is 1. The summed E-state index contributed by atoms with van der Waals surface area (Å²) in [5, 5.41) is 3.02. The summed E-state index contributed by atoms with van der Waals surface area (Å²) in [6.45, 7) is 17.2. The molecule has 0 aliphatic carbocycles. The highest BCUT2D eigenvalue weighted by molar-refractivity contribution is 8.22.